The molecule has 1 atom stereocenters. The standard InChI is InChI=1S/C21H31N3O7/c1-19(2,3)31-17(27)23-13-21(22,16(26)29-6)15(25)20(4,5)24-18(28)30-12-14-10-8-7-9-11-14/h7-11H,12-13,22H2,1-6H3,(H,23,27)(H,24,28)/t21-/m0/s1. The first kappa shape index (κ1) is 25.9. The average molecular weight is 437 g/mol. The Morgan fingerprint density at radius 2 is 1.55 bits per heavy atom. The van der Waals surface area contributed by atoms with E-state index in [4.69, 9.17) is 15.2 Å². The van der Waals surface area contributed by atoms with E-state index >= 15 is 0 Å². The first-order valence-electron chi connectivity index (χ1n) is 9.59. The molecule has 0 bridgehead atoms. The Kier molecular flexibility index (Phi) is 8.56. The van der Waals surface area contributed by atoms with Crippen molar-refractivity contribution in [3.05, 3.63) is 35.9 Å². The number of carbonyl (C=O) groups excluding carboxylic acids is 4. The summed E-state index contributed by atoms with van der Waals surface area (Å²) in [5, 5.41) is 4.69. The van der Waals surface area contributed by atoms with Crippen LogP contribution in [0.3, 0.4) is 0 Å². The number of benzene rings is 1. The molecule has 1 rings (SSSR count). The molecular weight excluding hydrogens is 406 g/mol. The quantitative estimate of drug-likeness (QED) is 0.316. The van der Waals surface area contributed by atoms with E-state index in [2.05, 4.69) is 15.4 Å². The highest BCUT2D eigenvalue weighted by Gasteiger charge is 2.50. The largest absolute Gasteiger partial charge is 0.467 e. The van der Waals surface area contributed by atoms with Gasteiger partial charge in [-0.3, -0.25) is 4.79 Å². The van der Waals surface area contributed by atoms with Crippen LogP contribution in [0.4, 0.5) is 9.59 Å². The van der Waals surface area contributed by atoms with Gasteiger partial charge in [0.05, 0.1) is 19.2 Å². The second-order valence-electron chi connectivity index (χ2n) is 8.46. The third-order valence-corrected chi connectivity index (χ3v) is 4.06. The van der Waals surface area contributed by atoms with Gasteiger partial charge in [-0.25, -0.2) is 14.4 Å². The molecule has 0 aliphatic rings. The fourth-order valence-electron chi connectivity index (χ4n) is 2.58. The lowest BCUT2D eigenvalue weighted by Crippen LogP contribution is -2.69. The highest BCUT2D eigenvalue weighted by molar-refractivity contribution is 6.13. The van der Waals surface area contributed by atoms with Crippen LogP contribution in [0.1, 0.15) is 40.2 Å². The minimum atomic E-state index is -2.28. The maximum atomic E-state index is 13.1. The molecule has 0 saturated heterocycles. The molecule has 172 valence electrons. The summed E-state index contributed by atoms with van der Waals surface area (Å²) in [7, 11) is 1.05. The molecule has 0 aliphatic heterocycles. The van der Waals surface area contributed by atoms with Crippen LogP contribution in [0, 0.1) is 0 Å². The van der Waals surface area contributed by atoms with Crippen LogP contribution in [-0.4, -0.2) is 54.3 Å². The molecule has 1 aromatic carbocycles. The highest BCUT2D eigenvalue weighted by atomic mass is 16.6. The molecule has 0 radical (unpaired) electrons. The maximum absolute atomic E-state index is 13.1. The van der Waals surface area contributed by atoms with Gasteiger partial charge in [0.2, 0.25) is 0 Å². The number of Topliss-reactive ketones (excluding diaryl/α,β-unsaturated/α-hetero) is 1. The molecule has 0 unspecified atom stereocenters. The van der Waals surface area contributed by atoms with Crippen molar-refractivity contribution in [2.75, 3.05) is 13.7 Å². The summed E-state index contributed by atoms with van der Waals surface area (Å²) in [5.41, 5.74) is 2.12. The average Bonchev–Trinajstić information content (AvgIpc) is 2.68. The van der Waals surface area contributed by atoms with Gasteiger partial charge in [-0.1, -0.05) is 30.3 Å². The number of rotatable bonds is 8. The van der Waals surface area contributed by atoms with Crippen LogP contribution in [0.2, 0.25) is 0 Å². The van der Waals surface area contributed by atoms with Gasteiger partial charge >= 0.3 is 18.2 Å². The molecule has 0 spiro atoms. The maximum Gasteiger partial charge on any atom is 0.408 e. The third kappa shape index (κ3) is 7.89. The molecule has 2 amide bonds. The van der Waals surface area contributed by atoms with Crippen molar-refractivity contribution in [3.63, 3.8) is 0 Å². The van der Waals surface area contributed by atoms with Crippen molar-refractivity contribution in [1.82, 2.24) is 10.6 Å². The third-order valence-electron chi connectivity index (χ3n) is 4.06. The van der Waals surface area contributed by atoms with Gasteiger partial charge in [-0.15, -0.1) is 0 Å². The normalized spacial score (nSPS) is 13.4. The fraction of sp³-hybridized carbons (Fsp3) is 0.524. The summed E-state index contributed by atoms with van der Waals surface area (Å²) in [4.78, 5) is 49.6. The van der Waals surface area contributed by atoms with Crippen molar-refractivity contribution in [2.45, 2.75) is 57.9 Å². The number of ether oxygens (including phenoxy) is 3. The second-order valence-corrected chi connectivity index (χ2v) is 8.46. The molecule has 31 heavy (non-hydrogen) atoms. The molecule has 0 heterocycles. The van der Waals surface area contributed by atoms with Gasteiger partial charge in [0.15, 0.2) is 11.3 Å². The molecule has 4 N–H and O–H groups in total. The molecule has 0 fully saturated rings. The predicted octanol–water partition coefficient (Wildman–Crippen LogP) is 1.66. The van der Waals surface area contributed by atoms with E-state index in [0.29, 0.717) is 0 Å². The van der Waals surface area contributed by atoms with Crippen LogP contribution >= 0.6 is 0 Å². The van der Waals surface area contributed by atoms with E-state index in [-0.39, 0.29) is 6.61 Å². The Morgan fingerprint density at radius 1 is 0.968 bits per heavy atom. The molecule has 10 heteroatoms. The van der Waals surface area contributed by atoms with E-state index in [1.807, 2.05) is 6.07 Å². The number of nitrogens with two attached hydrogens (primary N) is 1. The van der Waals surface area contributed by atoms with E-state index in [9.17, 15) is 19.2 Å². The first-order valence-corrected chi connectivity index (χ1v) is 9.59. The first-order chi connectivity index (χ1) is 14.2. The fourth-order valence-corrected chi connectivity index (χ4v) is 2.58. The molecule has 0 saturated carbocycles. The van der Waals surface area contributed by atoms with Crippen LogP contribution in [0.15, 0.2) is 30.3 Å². The highest BCUT2D eigenvalue weighted by Crippen LogP contribution is 2.17. The smallest absolute Gasteiger partial charge is 0.408 e. The van der Waals surface area contributed by atoms with Crippen LogP contribution in [-0.2, 0) is 30.4 Å². The predicted molar refractivity (Wildman–Crippen MR) is 112 cm³/mol. The zero-order valence-corrected chi connectivity index (χ0v) is 18.7. The lowest BCUT2D eigenvalue weighted by molar-refractivity contribution is -0.152. The van der Waals surface area contributed by atoms with Gasteiger partial charge in [0, 0.05) is 0 Å². The lowest BCUT2D eigenvalue weighted by atomic mass is 9.83. The molecule has 1 aromatic rings. The minimum absolute atomic E-state index is 0.0120. The summed E-state index contributed by atoms with van der Waals surface area (Å²) in [6, 6.07) is 8.95. The van der Waals surface area contributed by atoms with Crippen molar-refractivity contribution < 1.29 is 33.4 Å². The number of carbonyl (C=O) groups is 4. The Hall–Kier alpha value is -3.14. The summed E-state index contributed by atoms with van der Waals surface area (Å²) in [5.74, 6) is -1.97. The zero-order chi connectivity index (χ0) is 23.9. The Bertz CT molecular complexity index is 803. The number of hydrogen-bond acceptors (Lipinski definition) is 8. The van der Waals surface area contributed by atoms with Gasteiger partial charge in [0.1, 0.15) is 12.2 Å². The van der Waals surface area contributed by atoms with E-state index < -0.39 is 47.2 Å². The molecular formula is C21H31N3O7. The monoisotopic (exact) mass is 437 g/mol. The minimum Gasteiger partial charge on any atom is -0.467 e. The Morgan fingerprint density at radius 3 is 2.06 bits per heavy atom. The van der Waals surface area contributed by atoms with Crippen molar-refractivity contribution >= 4 is 23.9 Å². The molecule has 10 nitrogen and oxygen atoms in total. The van der Waals surface area contributed by atoms with E-state index in [0.717, 1.165) is 12.7 Å². The zero-order valence-electron chi connectivity index (χ0n) is 18.7. The molecule has 0 aliphatic carbocycles. The van der Waals surface area contributed by atoms with E-state index in [1.165, 1.54) is 13.8 Å². The Labute approximate surface area is 181 Å². The van der Waals surface area contributed by atoms with Crippen molar-refractivity contribution in [2.24, 2.45) is 5.73 Å². The SMILES string of the molecule is COC(=O)[C@](N)(CNC(=O)OC(C)(C)C)C(=O)C(C)(C)NC(=O)OCc1ccccc1. The summed E-state index contributed by atoms with van der Waals surface area (Å²) in [6.45, 7) is 7.07. The van der Waals surface area contributed by atoms with Crippen LogP contribution in [0.5, 0.6) is 0 Å². The van der Waals surface area contributed by atoms with Crippen molar-refractivity contribution in [1.29, 1.82) is 0 Å². The summed E-state index contributed by atoms with van der Waals surface area (Å²) < 4.78 is 14.9. The van der Waals surface area contributed by atoms with Gasteiger partial charge in [0.25, 0.3) is 0 Å². The topological polar surface area (TPSA) is 146 Å². The number of hydrogen-bond donors (Lipinski definition) is 3. The summed E-state index contributed by atoms with van der Waals surface area (Å²) >= 11 is 0. The van der Waals surface area contributed by atoms with Crippen molar-refractivity contribution in [3.8, 4) is 0 Å². The number of ketones is 1. The van der Waals surface area contributed by atoms with Gasteiger partial charge < -0.3 is 30.6 Å². The number of nitrogens with one attached hydrogen (secondary N) is 2. The van der Waals surface area contributed by atoms with E-state index in [1.54, 1.807) is 45.0 Å². The molecule has 0 aromatic heterocycles. The van der Waals surface area contributed by atoms with Crippen LogP contribution < -0.4 is 16.4 Å². The summed E-state index contributed by atoms with van der Waals surface area (Å²) in [6.07, 6.45) is -1.75. The number of esters is 1. The number of amides is 2. The number of methoxy groups -OCH3 is 1. The Balaban J connectivity index is 2.87. The van der Waals surface area contributed by atoms with Gasteiger partial charge in [-0.2, -0.15) is 0 Å². The van der Waals surface area contributed by atoms with Gasteiger partial charge in [-0.05, 0) is 40.2 Å². The number of alkyl carbamates (subject to hydrolysis) is 2. The second kappa shape index (κ2) is 10.3. The van der Waals surface area contributed by atoms with Crippen LogP contribution in [0.25, 0.3) is 0 Å². The lowest BCUT2D eigenvalue weighted by Gasteiger charge is -2.34.